The van der Waals surface area contributed by atoms with Gasteiger partial charge in [-0.2, -0.15) is 5.26 Å². The SMILES string of the molecule is N#Cc1ccc2cc(COc3ccc4c(c3)C(CNS(=O)(=O)Cc3cscn3)CCC4)ccc2c1. The van der Waals surface area contributed by atoms with Gasteiger partial charge in [0.2, 0.25) is 10.0 Å². The monoisotopic (exact) mass is 503 g/mol. The van der Waals surface area contributed by atoms with Crippen molar-refractivity contribution in [2.75, 3.05) is 6.54 Å². The molecule has 0 radical (unpaired) electrons. The van der Waals surface area contributed by atoms with Gasteiger partial charge in [0.05, 0.1) is 22.8 Å². The fraction of sp³-hybridized carbons (Fsp3) is 0.259. The van der Waals surface area contributed by atoms with Gasteiger partial charge in [-0.25, -0.2) is 18.1 Å². The summed E-state index contributed by atoms with van der Waals surface area (Å²) in [5.41, 5.74) is 6.33. The fourth-order valence-electron chi connectivity index (χ4n) is 4.58. The molecule has 0 amide bonds. The van der Waals surface area contributed by atoms with Crippen LogP contribution in [-0.4, -0.2) is 19.9 Å². The lowest BCUT2D eigenvalue weighted by atomic mass is 9.83. The van der Waals surface area contributed by atoms with E-state index in [4.69, 9.17) is 10.00 Å². The summed E-state index contributed by atoms with van der Waals surface area (Å²) < 4.78 is 33.9. The van der Waals surface area contributed by atoms with Crippen molar-refractivity contribution < 1.29 is 13.2 Å². The molecule has 6 nitrogen and oxygen atoms in total. The molecule has 35 heavy (non-hydrogen) atoms. The van der Waals surface area contributed by atoms with Crippen LogP contribution in [0, 0.1) is 11.3 Å². The highest BCUT2D eigenvalue weighted by atomic mass is 32.2. The summed E-state index contributed by atoms with van der Waals surface area (Å²) in [4.78, 5) is 4.08. The van der Waals surface area contributed by atoms with Gasteiger partial charge in [0.1, 0.15) is 18.1 Å². The zero-order valence-corrected chi connectivity index (χ0v) is 20.7. The molecule has 4 aromatic rings. The molecule has 1 aliphatic rings. The molecule has 0 saturated carbocycles. The largest absolute Gasteiger partial charge is 0.489 e. The van der Waals surface area contributed by atoms with Crippen LogP contribution in [0.3, 0.4) is 0 Å². The quantitative estimate of drug-likeness (QED) is 0.353. The van der Waals surface area contributed by atoms with E-state index in [-0.39, 0.29) is 11.7 Å². The number of fused-ring (bicyclic) bond motifs is 2. The molecule has 0 saturated heterocycles. The minimum Gasteiger partial charge on any atom is -0.489 e. The normalized spacial score (nSPS) is 15.5. The third-order valence-electron chi connectivity index (χ3n) is 6.37. The predicted molar refractivity (Wildman–Crippen MR) is 138 cm³/mol. The van der Waals surface area contributed by atoms with E-state index >= 15 is 0 Å². The van der Waals surface area contributed by atoms with Crippen molar-refractivity contribution in [3.8, 4) is 11.8 Å². The average molecular weight is 504 g/mol. The van der Waals surface area contributed by atoms with Gasteiger partial charge in [0.15, 0.2) is 0 Å². The highest BCUT2D eigenvalue weighted by Gasteiger charge is 2.23. The maximum atomic E-state index is 12.5. The predicted octanol–water partition coefficient (Wildman–Crippen LogP) is 5.29. The molecule has 0 spiro atoms. The molecule has 178 valence electrons. The van der Waals surface area contributed by atoms with E-state index in [9.17, 15) is 8.42 Å². The Morgan fingerprint density at radius 3 is 2.80 bits per heavy atom. The Kier molecular flexibility index (Phi) is 6.82. The van der Waals surface area contributed by atoms with Crippen LogP contribution in [0.15, 0.2) is 65.5 Å². The molecule has 0 fully saturated rings. The molecule has 1 aromatic heterocycles. The van der Waals surface area contributed by atoms with Crippen LogP contribution < -0.4 is 9.46 Å². The number of nitrogens with one attached hydrogen (secondary N) is 1. The topological polar surface area (TPSA) is 92.1 Å². The molecule has 1 aliphatic carbocycles. The standard InChI is InChI=1S/C27H25N3O3S2/c28-13-19-4-6-23-11-20(5-7-22(23)10-19)15-33-26-9-8-21-2-1-3-24(27(21)12-26)14-30-35(31,32)17-25-16-34-18-29-25/h4-12,16,18,24,30H,1-3,14-15,17H2. The molecule has 5 rings (SSSR count). The Bertz CT molecular complexity index is 1490. The van der Waals surface area contributed by atoms with Crippen LogP contribution in [0.25, 0.3) is 10.8 Å². The van der Waals surface area contributed by atoms with E-state index < -0.39 is 10.0 Å². The van der Waals surface area contributed by atoms with E-state index in [1.807, 2.05) is 36.4 Å². The van der Waals surface area contributed by atoms with Crippen molar-refractivity contribution in [2.24, 2.45) is 0 Å². The van der Waals surface area contributed by atoms with Crippen LogP contribution in [0.5, 0.6) is 5.75 Å². The van der Waals surface area contributed by atoms with Crippen molar-refractivity contribution in [2.45, 2.75) is 37.5 Å². The number of aryl methyl sites for hydroxylation is 1. The number of nitriles is 1. The molecule has 8 heteroatoms. The second-order valence-electron chi connectivity index (χ2n) is 8.83. The van der Waals surface area contributed by atoms with Crippen molar-refractivity contribution in [1.29, 1.82) is 5.26 Å². The second-order valence-corrected chi connectivity index (χ2v) is 11.4. The summed E-state index contributed by atoms with van der Waals surface area (Å²) in [7, 11) is -3.44. The molecule has 0 bridgehead atoms. The van der Waals surface area contributed by atoms with Gasteiger partial charge in [-0.3, -0.25) is 0 Å². The van der Waals surface area contributed by atoms with Crippen LogP contribution >= 0.6 is 11.3 Å². The molecular weight excluding hydrogens is 478 g/mol. The lowest BCUT2D eigenvalue weighted by Crippen LogP contribution is -2.31. The third kappa shape index (κ3) is 5.70. The number of rotatable bonds is 8. The zero-order chi connectivity index (χ0) is 24.3. The lowest BCUT2D eigenvalue weighted by molar-refractivity contribution is 0.305. The second kappa shape index (κ2) is 10.2. The highest BCUT2D eigenvalue weighted by Crippen LogP contribution is 2.34. The van der Waals surface area contributed by atoms with Crippen molar-refractivity contribution in [1.82, 2.24) is 9.71 Å². The molecule has 0 aliphatic heterocycles. The molecular formula is C27H25N3O3S2. The smallest absolute Gasteiger partial charge is 0.217 e. The van der Waals surface area contributed by atoms with Crippen molar-refractivity contribution in [3.05, 3.63) is 93.4 Å². The van der Waals surface area contributed by atoms with E-state index in [1.54, 1.807) is 10.9 Å². The summed E-state index contributed by atoms with van der Waals surface area (Å²) in [6, 6.07) is 20.1. The Labute approximate surface area is 209 Å². The van der Waals surface area contributed by atoms with Crippen molar-refractivity contribution in [3.63, 3.8) is 0 Å². The number of sulfonamides is 1. The Morgan fingerprint density at radius 2 is 1.97 bits per heavy atom. The van der Waals surface area contributed by atoms with E-state index in [0.29, 0.717) is 24.4 Å². The average Bonchev–Trinajstić information content (AvgIpc) is 3.38. The first-order valence-corrected chi connectivity index (χ1v) is 14.1. The molecule has 1 unspecified atom stereocenters. The summed E-state index contributed by atoms with van der Waals surface area (Å²) in [6.07, 6.45) is 2.97. The van der Waals surface area contributed by atoms with Gasteiger partial charge in [-0.1, -0.05) is 24.3 Å². The maximum absolute atomic E-state index is 12.5. The zero-order valence-electron chi connectivity index (χ0n) is 19.1. The summed E-state index contributed by atoms with van der Waals surface area (Å²) in [6.45, 7) is 0.804. The summed E-state index contributed by atoms with van der Waals surface area (Å²) in [5.74, 6) is 0.798. The first-order chi connectivity index (χ1) is 17.0. The molecule has 3 aromatic carbocycles. The number of benzene rings is 3. The fourth-order valence-corrected chi connectivity index (χ4v) is 6.35. The van der Waals surface area contributed by atoms with Crippen LogP contribution in [0.4, 0.5) is 0 Å². The van der Waals surface area contributed by atoms with Crippen LogP contribution in [-0.2, 0) is 28.8 Å². The maximum Gasteiger partial charge on any atom is 0.217 e. The Hall–Kier alpha value is -3.25. The number of hydrogen-bond donors (Lipinski definition) is 1. The van der Waals surface area contributed by atoms with Gasteiger partial charge < -0.3 is 4.74 Å². The van der Waals surface area contributed by atoms with Gasteiger partial charge >= 0.3 is 0 Å². The molecule has 1 N–H and O–H groups in total. The van der Waals surface area contributed by atoms with Crippen LogP contribution in [0.2, 0.25) is 0 Å². The first-order valence-electron chi connectivity index (χ1n) is 11.5. The molecule has 1 atom stereocenters. The lowest BCUT2D eigenvalue weighted by Gasteiger charge is -2.26. The number of ether oxygens (including phenoxy) is 1. The first kappa shape index (κ1) is 23.5. The van der Waals surface area contributed by atoms with E-state index in [2.05, 4.69) is 34.0 Å². The van der Waals surface area contributed by atoms with Gasteiger partial charge in [0.25, 0.3) is 0 Å². The van der Waals surface area contributed by atoms with Gasteiger partial charge in [-0.05, 0) is 83.0 Å². The minimum absolute atomic E-state index is 0.0944. The molecule has 1 heterocycles. The Balaban J connectivity index is 1.26. The van der Waals surface area contributed by atoms with Crippen molar-refractivity contribution >= 4 is 32.1 Å². The van der Waals surface area contributed by atoms with Crippen LogP contribution in [0.1, 0.15) is 46.7 Å². The number of aromatic nitrogens is 1. The minimum atomic E-state index is -3.44. The Morgan fingerprint density at radius 1 is 1.11 bits per heavy atom. The summed E-state index contributed by atoms with van der Waals surface area (Å²) in [5, 5.41) is 12.9. The van der Waals surface area contributed by atoms with E-state index in [1.165, 1.54) is 16.9 Å². The highest BCUT2D eigenvalue weighted by molar-refractivity contribution is 7.88. The number of hydrogen-bond acceptors (Lipinski definition) is 6. The van der Waals surface area contributed by atoms with E-state index in [0.717, 1.165) is 46.9 Å². The van der Waals surface area contributed by atoms with Gasteiger partial charge in [-0.15, -0.1) is 11.3 Å². The number of thiazole rings is 1. The van der Waals surface area contributed by atoms with Gasteiger partial charge in [0, 0.05) is 11.9 Å². The summed E-state index contributed by atoms with van der Waals surface area (Å²) >= 11 is 1.39. The third-order valence-corrected chi connectivity index (χ3v) is 8.28. The number of nitrogens with zero attached hydrogens (tertiary/aromatic N) is 2.